The average molecular weight is 212 g/mol. The van der Waals surface area contributed by atoms with E-state index in [-0.39, 0.29) is 17.5 Å². The van der Waals surface area contributed by atoms with Crippen LogP contribution >= 0.6 is 0 Å². The van der Waals surface area contributed by atoms with Gasteiger partial charge >= 0.3 is 0 Å². The molecule has 0 fully saturated rings. The van der Waals surface area contributed by atoms with E-state index >= 15 is 0 Å². The Morgan fingerprint density at radius 2 is 2.33 bits per heavy atom. The minimum Gasteiger partial charge on any atom is -0.547 e. The molecule has 0 aliphatic carbocycles. The highest BCUT2D eigenvalue weighted by Crippen LogP contribution is 2.27. The lowest BCUT2D eigenvalue weighted by atomic mass is 9.89. The first-order valence-electron chi connectivity index (χ1n) is 4.49. The van der Waals surface area contributed by atoms with Gasteiger partial charge in [-0.1, -0.05) is 6.92 Å². The van der Waals surface area contributed by atoms with E-state index in [1.54, 1.807) is 0 Å². The van der Waals surface area contributed by atoms with E-state index in [1.165, 1.54) is 19.9 Å². The Labute approximate surface area is 86.4 Å². The minimum atomic E-state index is -2.16. The summed E-state index contributed by atoms with van der Waals surface area (Å²) in [5.74, 6) is -2.43. The maximum Gasteiger partial charge on any atom is 0.216 e. The van der Waals surface area contributed by atoms with Crippen LogP contribution in [0.4, 0.5) is 4.39 Å². The van der Waals surface area contributed by atoms with Crippen LogP contribution in [0.2, 0.25) is 0 Å². The molecule has 5 heteroatoms. The van der Waals surface area contributed by atoms with E-state index in [0.717, 1.165) is 6.20 Å². The van der Waals surface area contributed by atoms with Crippen molar-refractivity contribution >= 4 is 5.97 Å². The molecule has 0 saturated carbocycles. The van der Waals surface area contributed by atoms with Crippen molar-refractivity contribution in [1.29, 1.82) is 0 Å². The van der Waals surface area contributed by atoms with Crippen LogP contribution in [-0.2, 0) is 10.4 Å². The number of pyridine rings is 1. The lowest BCUT2D eigenvalue weighted by Gasteiger charge is -2.29. The Balaban J connectivity index is 3.37. The second-order valence-corrected chi connectivity index (χ2v) is 3.28. The van der Waals surface area contributed by atoms with Crippen molar-refractivity contribution in [3.8, 4) is 0 Å². The molecule has 0 amide bonds. The van der Waals surface area contributed by atoms with Crippen molar-refractivity contribution in [2.75, 3.05) is 0 Å². The summed E-state index contributed by atoms with van der Waals surface area (Å²) in [7, 11) is 0. The number of hydrogen-bond acceptors (Lipinski definition) is 4. The molecule has 0 saturated heterocycles. The molecule has 0 spiro atoms. The Morgan fingerprint density at radius 1 is 1.73 bits per heavy atom. The number of aliphatic hydroxyl groups is 1. The van der Waals surface area contributed by atoms with Gasteiger partial charge in [-0.15, -0.1) is 0 Å². The molecule has 1 unspecified atom stereocenters. The topological polar surface area (TPSA) is 73.2 Å². The maximum atomic E-state index is 13.1. The summed E-state index contributed by atoms with van der Waals surface area (Å²) >= 11 is 0. The predicted molar refractivity (Wildman–Crippen MR) is 48.1 cm³/mol. The number of carbonyl (C=O) groups excluding carboxylic acids is 1. The van der Waals surface area contributed by atoms with Crippen LogP contribution in [0.5, 0.6) is 0 Å². The van der Waals surface area contributed by atoms with Crippen molar-refractivity contribution in [3.63, 3.8) is 0 Å². The largest absolute Gasteiger partial charge is 0.547 e. The molecule has 0 radical (unpaired) electrons. The highest BCUT2D eigenvalue weighted by molar-refractivity contribution is 5.77. The number of carboxylic acids is 1. The van der Waals surface area contributed by atoms with Crippen LogP contribution in [-0.4, -0.2) is 16.1 Å². The molecule has 1 heterocycles. The number of carboxylic acid groups (broad SMARTS) is 1. The third-order valence-electron chi connectivity index (χ3n) is 2.44. The van der Waals surface area contributed by atoms with E-state index in [0.29, 0.717) is 0 Å². The van der Waals surface area contributed by atoms with Gasteiger partial charge in [-0.05, 0) is 25.0 Å². The van der Waals surface area contributed by atoms with Gasteiger partial charge in [0.05, 0.1) is 5.97 Å². The first-order valence-corrected chi connectivity index (χ1v) is 4.49. The lowest BCUT2D eigenvalue weighted by Crippen LogP contribution is -2.46. The SMILES string of the molecule is CCC(O)(C(=O)[O-])c1ccnc(F)c1C. The molecule has 0 bridgehead atoms. The van der Waals surface area contributed by atoms with Crippen LogP contribution < -0.4 is 5.11 Å². The average Bonchev–Trinajstić information content (AvgIpc) is 2.20. The Morgan fingerprint density at radius 3 is 2.80 bits per heavy atom. The molecular weight excluding hydrogens is 201 g/mol. The number of carbonyl (C=O) groups is 1. The molecule has 15 heavy (non-hydrogen) atoms. The zero-order chi connectivity index (χ0) is 11.6. The second kappa shape index (κ2) is 3.94. The van der Waals surface area contributed by atoms with Gasteiger partial charge < -0.3 is 15.0 Å². The first-order chi connectivity index (χ1) is 6.93. The molecule has 0 aromatic carbocycles. The van der Waals surface area contributed by atoms with Crippen LogP contribution in [0, 0.1) is 12.9 Å². The van der Waals surface area contributed by atoms with Gasteiger partial charge in [-0.25, -0.2) is 4.98 Å². The summed E-state index contributed by atoms with van der Waals surface area (Å²) in [4.78, 5) is 14.2. The first kappa shape index (κ1) is 11.6. The molecule has 1 aromatic heterocycles. The van der Waals surface area contributed by atoms with E-state index in [4.69, 9.17) is 0 Å². The molecule has 0 aliphatic rings. The number of halogens is 1. The zero-order valence-electron chi connectivity index (χ0n) is 8.45. The molecular formula is C10H11FNO3-. The normalized spacial score (nSPS) is 14.7. The molecule has 1 atom stereocenters. The van der Waals surface area contributed by atoms with Gasteiger partial charge in [0.15, 0.2) is 0 Å². The molecule has 1 aromatic rings. The summed E-state index contributed by atoms with van der Waals surface area (Å²) in [5, 5.41) is 20.6. The molecule has 1 N–H and O–H groups in total. The van der Waals surface area contributed by atoms with Gasteiger partial charge in [0.2, 0.25) is 5.95 Å². The van der Waals surface area contributed by atoms with E-state index in [2.05, 4.69) is 4.98 Å². The van der Waals surface area contributed by atoms with Gasteiger partial charge in [0.1, 0.15) is 5.60 Å². The molecule has 82 valence electrons. The number of rotatable bonds is 3. The fourth-order valence-corrected chi connectivity index (χ4v) is 1.40. The smallest absolute Gasteiger partial charge is 0.216 e. The van der Waals surface area contributed by atoms with Crippen LogP contribution in [0.25, 0.3) is 0 Å². The summed E-state index contributed by atoms with van der Waals surface area (Å²) in [5.41, 5.74) is -2.16. The number of aromatic nitrogens is 1. The number of nitrogens with zero attached hydrogens (tertiary/aromatic N) is 1. The molecule has 1 rings (SSSR count). The number of hydrogen-bond donors (Lipinski definition) is 1. The zero-order valence-corrected chi connectivity index (χ0v) is 8.45. The lowest BCUT2D eigenvalue weighted by molar-refractivity contribution is -0.326. The number of aliphatic carboxylic acids is 1. The summed E-state index contributed by atoms with van der Waals surface area (Å²) in [6.07, 6.45) is 1.01. The Hall–Kier alpha value is -1.49. The van der Waals surface area contributed by atoms with E-state index in [1.807, 2.05) is 0 Å². The highest BCUT2D eigenvalue weighted by atomic mass is 19.1. The van der Waals surface area contributed by atoms with Crippen LogP contribution in [0.15, 0.2) is 12.3 Å². The standard InChI is InChI=1S/C10H12FNO3/c1-3-10(15,9(13)14)7-4-5-12-8(11)6(7)2/h4-5,15H,3H2,1-2H3,(H,13,14)/p-1. The van der Waals surface area contributed by atoms with Crippen molar-refractivity contribution in [2.24, 2.45) is 0 Å². The second-order valence-electron chi connectivity index (χ2n) is 3.28. The summed E-state index contributed by atoms with van der Waals surface area (Å²) in [6.45, 7) is 2.84. The monoisotopic (exact) mass is 212 g/mol. The Kier molecular flexibility index (Phi) is 3.04. The van der Waals surface area contributed by atoms with E-state index in [9.17, 15) is 19.4 Å². The summed E-state index contributed by atoms with van der Waals surface area (Å²) in [6, 6.07) is 1.28. The minimum absolute atomic E-state index is 0.0162. The third-order valence-corrected chi connectivity index (χ3v) is 2.44. The van der Waals surface area contributed by atoms with Gasteiger partial charge in [0.25, 0.3) is 0 Å². The fourth-order valence-electron chi connectivity index (χ4n) is 1.40. The van der Waals surface area contributed by atoms with Crippen LogP contribution in [0.3, 0.4) is 0 Å². The predicted octanol–water partition coefficient (Wildman–Crippen LogP) is -0.123. The Bertz CT molecular complexity index is 394. The van der Waals surface area contributed by atoms with Crippen molar-refractivity contribution < 1.29 is 19.4 Å². The van der Waals surface area contributed by atoms with Gasteiger partial charge in [0, 0.05) is 11.8 Å². The van der Waals surface area contributed by atoms with Gasteiger partial charge in [-0.2, -0.15) is 4.39 Å². The highest BCUT2D eigenvalue weighted by Gasteiger charge is 2.31. The maximum absolute atomic E-state index is 13.1. The molecule has 4 nitrogen and oxygen atoms in total. The molecule has 0 aliphatic heterocycles. The van der Waals surface area contributed by atoms with Crippen molar-refractivity contribution in [1.82, 2.24) is 4.98 Å². The van der Waals surface area contributed by atoms with Crippen LogP contribution in [0.1, 0.15) is 24.5 Å². The van der Waals surface area contributed by atoms with Gasteiger partial charge in [-0.3, -0.25) is 0 Å². The fraction of sp³-hybridized carbons (Fsp3) is 0.400. The van der Waals surface area contributed by atoms with Crippen molar-refractivity contribution in [2.45, 2.75) is 25.9 Å². The summed E-state index contributed by atoms with van der Waals surface area (Å²) < 4.78 is 13.1. The van der Waals surface area contributed by atoms with Crippen molar-refractivity contribution in [3.05, 3.63) is 29.3 Å². The van der Waals surface area contributed by atoms with E-state index < -0.39 is 17.5 Å². The third kappa shape index (κ3) is 1.83. The quantitative estimate of drug-likeness (QED) is 0.709.